The van der Waals surface area contributed by atoms with Crippen molar-refractivity contribution in [3.63, 3.8) is 0 Å². The van der Waals surface area contributed by atoms with Crippen molar-refractivity contribution in [1.82, 2.24) is 0 Å². The number of halogens is 2. The first-order valence-electron chi connectivity index (χ1n) is 23.1. The van der Waals surface area contributed by atoms with Crippen molar-refractivity contribution >= 4 is 48.1 Å². The molecule has 0 saturated heterocycles. The molecule has 0 amide bonds. The molecule has 0 saturated carbocycles. The summed E-state index contributed by atoms with van der Waals surface area (Å²) in [6.45, 7) is 41.2. The van der Waals surface area contributed by atoms with Crippen LogP contribution in [0.3, 0.4) is 0 Å². The van der Waals surface area contributed by atoms with E-state index in [4.69, 9.17) is 17.0 Å². The van der Waals surface area contributed by atoms with Crippen LogP contribution in [0.2, 0.25) is 13.1 Å². The molecule has 0 aliphatic rings. The van der Waals surface area contributed by atoms with E-state index in [0.717, 1.165) is 9.52 Å². The first-order valence-corrected chi connectivity index (χ1v) is 31.4. The van der Waals surface area contributed by atoms with Crippen LogP contribution in [-0.4, -0.2) is 9.52 Å². The Kier molecular flexibility index (Phi) is 20.3. The van der Waals surface area contributed by atoms with Crippen LogP contribution in [0, 0.1) is 13.8 Å². The monoisotopic (exact) mass is 964 g/mol. The number of unbranched alkanes of at least 4 members (excludes halogenated alkanes) is 2. The molecule has 6 rings (SSSR count). The fraction of sp³-hybridized carbons (Fsp3) is 0.483. The molecule has 4 heteroatoms. The third kappa shape index (κ3) is 14.9. The second-order valence-corrected chi connectivity index (χ2v) is 26.4. The zero-order valence-electron chi connectivity index (χ0n) is 42.1. The van der Waals surface area contributed by atoms with E-state index in [2.05, 4.69) is 209 Å². The number of aryl methyl sites for hydroxylation is 4. The van der Waals surface area contributed by atoms with E-state index in [-0.39, 0.29) is 21.7 Å². The Morgan fingerprint density at radius 3 is 1.00 bits per heavy atom. The van der Waals surface area contributed by atoms with Crippen molar-refractivity contribution in [3.05, 3.63) is 129 Å². The molecular formula is C58H80Cl2SiZr. The van der Waals surface area contributed by atoms with Gasteiger partial charge >= 0.3 is 37.9 Å². The first kappa shape index (κ1) is 54.1. The summed E-state index contributed by atoms with van der Waals surface area (Å²) in [4.78, 5) is 0. The molecule has 0 spiro atoms. The minimum atomic E-state index is -0.826. The van der Waals surface area contributed by atoms with Crippen LogP contribution < -0.4 is 0 Å². The van der Waals surface area contributed by atoms with E-state index in [1.807, 2.05) is 0 Å². The van der Waals surface area contributed by atoms with Gasteiger partial charge in [0.05, 0.1) is 0 Å². The van der Waals surface area contributed by atoms with Gasteiger partial charge in [-0.25, -0.2) is 0 Å². The fourth-order valence-corrected chi connectivity index (χ4v) is 8.00. The molecule has 2 radical (unpaired) electrons. The van der Waals surface area contributed by atoms with Gasteiger partial charge in [-0.3, -0.25) is 0 Å². The molecule has 0 nitrogen and oxygen atoms in total. The predicted octanol–water partition coefficient (Wildman–Crippen LogP) is 19.1. The number of benzene rings is 4. The number of rotatable bonds is 8. The normalized spacial score (nSPS) is 11.9. The molecule has 0 aromatic heterocycles. The van der Waals surface area contributed by atoms with Gasteiger partial charge in [0, 0.05) is 9.52 Å². The van der Waals surface area contributed by atoms with Crippen molar-refractivity contribution in [3.8, 4) is 22.3 Å². The Morgan fingerprint density at radius 2 is 0.758 bits per heavy atom. The van der Waals surface area contributed by atoms with Crippen LogP contribution in [0.1, 0.15) is 167 Å². The van der Waals surface area contributed by atoms with Gasteiger partial charge in [-0.2, -0.15) is 12.1 Å². The summed E-state index contributed by atoms with van der Waals surface area (Å²) in [5.74, 6) is 0. The Morgan fingerprint density at radius 1 is 0.484 bits per heavy atom. The van der Waals surface area contributed by atoms with E-state index < -0.39 is 20.8 Å². The van der Waals surface area contributed by atoms with Crippen LogP contribution in [0.4, 0.5) is 0 Å². The number of hydrogen-bond donors (Lipinski definition) is 0. The average molecular weight is 967 g/mol. The van der Waals surface area contributed by atoms with Crippen LogP contribution in [-0.2, 0) is 55.3 Å². The molecule has 0 atom stereocenters. The van der Waals surface area contributed by atoms with E-state index in [0.29, 0.717) is 0 Å². The van der Waals surface area contributed by atoms with Gasteiger partial charge in [0.1, 0.15) is 0 Å². The molecular weight excluding hydrogens is 887 g/mol. The molecule has 0 heterocycles. The summed E-state index contributed by atoms with van der Waals surface area (Å²) in [5.41, 5.74) is 17.5. The maximum absolute atomic E-state index is 4.93. The van der Waals surface area contributed by atoms with Crippen LogP contribution in [0.25, 0.3) is 43.8 Å². The molecule has 0 bridgehead atoms. The third-order valence-electron chi connectivity index (χ3n) is 11.9. The van der Waals surface area contributed by atoms with Crippen molar-refractivity contribution in [2.75, 3.05) is 0 Å². The zero-order chi connectivity index (χ0) is 46.8. The average Bonchev–Trinajstić information content (AvgIpc) is 3.79. The van der Waals surface area contributed by atoms with E-state index in [1.165, 1.54) is 127 Å². The number of fused-ring (bicyclic) bond motifs is 2. The van der Waals surface area contributed by atoms with Crippen molar-refractivity contribution in [2.45, 2.75) is 184 Å². The SMILES string of the molecule is CCCCc1cc2c(-c3cc(C(C)(C)C)cc(C(C)(C)C)c3)c(C)ccc2[cH-]1.CCCCc1cc2c(-c3cc(C(C)(C)C)cc(C(C)(C)C)c3)c(C)ccc2[cH-]1.C[Si]C.[Cl][Zr+2][Cl]. The standard InChI is InChI=1S/2C28H37.C2H6Si.2ClH.Zr/c2*1-9-10-11-20-14-21-13-12-19(2)26(25(21)15-20)22-16-23(27(3,4)5)18-24(17-22)28(6,7)8;1-3-2;;;/h2*12-18H,9-11H2,1-8H3;1-2H3;2*1H;/q2*-1;;;;+4/p-2. The van der Waals surface area contributed by atoms with Crippen molar-refractivity contribution in [1.29, 1.82) is 0 Å². The Labute approximate surface area is 401 Å². The quantitative estimate of drug-likeness (QED) is 0.105. The van der Waals surface area contributed by atoms with Gasteiger partial charge in [0.25, 0.3) is 0 Å². The van der Waals surface area contributed by atoms with Crippen LogP contribution in [0.5, 0.6) is 0 Å². The molecule has 0 aliphatic heterocycles. The molecule has 0 fully saturated rings. The zero-order valence-corrected chi connectivity index (χ0v) is 47.1. The van der Waals surface area contributed by atoms with Gasteiger partial charge in [0.2, 0.25) is 0 Å². The topological polar surface area (TPSA) is 0 Å². The Bertz CT molecular complexity index is 2090. The number of hydrogen-bond acceptors (Lipinski definition) is 0. The summed E-state index contributed by atoms with van der Waals surface area (Å²) in [5, 5.41) is 5.59. The third-order valence-corrected chi connectivity index (χ3v) is 11.9. The van der Waals surface area contributed by atoms with Gasteiger partial charge in [-0.1, -0.05) is 194 Å². The summed E-state index contributed by atoms with van der Waals surface area (Å²) in [6.07, 6.45) is 7.38. The molecule has 6 aromatic carbocycles. The Hall–Kier alpha value is -2.22. The van der Waals surface area contributed by atoms with E-state index in [9.17, 15) is 0 Å². The predicted molar refractivity (Wildman–Crippen MR) is 281 cm³/mol. The summed E-state index contributed by atoms with van der Waals surface area (Å²) in [6, 6.07) is 33.4. The summed E-state index contributed by atoms with van der Waals surface area (Å²) in [7, 11) is 11.0. The van der Waals surface area contributed by atoms with Gasteiger partial charge in [0.15, 0.2) is 0 Å². The minimum absolute atomic E-state index is 0.135. The van der Waals surface area contributed by atoms with Crippen LogP contribution in [0.15, 0.2) is 84.9 Å². The van der Waals surface area contributed by atoms with Gasteiger partial charge in [-0.15, -0.1) is 69.1 Å². The maximum atomic E-state index is 4.93. The first-order chi connectivity index (χ1) is 28.8. The van der Waals surface area contributed by atoms with E-state index in [1.54, 1.807) is 0 Å². The molecule has 0 unspecified atom stereocenters. The van der Waals surface area contributed by atoms with Crippen molar-refractivity contribution in [2.24, 2.45) is 0 Å². The Balaban J connectivity index is 0.000000293. The second-order valence-electron chi connectivity index (χ2n) is 21.6. The van der Waals surface area contributed by atoms with Gasteiger partial charge in [-0.05, 0) is 81.7 Å². The molecule has 6 aromatic rings. The molecule has 0 N–H and O–H groups in total. The van der Waals surface area contributed by atoms with E-state index >= 15 is 0 Å². The second kappa shape index (κ2) is 23.3. The van der Waals surface area contributed by atoms with Crippen LogP contribution >= 0.6 is 17.0 Å². The molecule has 62 heavy (non-hydrogen) atoms. The van der Waals surface area contributed by atoms with Crippen molar-refractivity contribution < 1.29 is 20.8 Å². The molecule has 334 valence electrons. The summed E-state index contributed by atoms with van der Waals surface area (Å²) < 4.78 is 0. The fourth-order valence-electron chi connectivity index (χ4n) is 8.00. The van der Waals surface area contributed by atoms with Gasteiger partial charge < -0.3 is 0 Å². The molecule has 0 aliphatic carbocycles. The summed E-state index contributed by atoms with van der Waals surface area (Å²) >= 11 is -0.826.